The summed E-state index contributed by atoms with van der Waals surface area (Å²) in [6.07, 6.45) is 2.93. The van der Waals surface area contributed by atoms with E-state index in [4.69, 9.17) is 5.11 Å². The normalized spacial score (nSPS) is 15.8. The zero-order chi connectivity index (χ0) is 14.6. The topological polar surface area (TPSA) is 81.1 Å². The Morgan fingerprint density at radius 1 is 1.32 bits per heavy atom. The summed E-state index contributed by atoms with van der Waals surface area (Å²) in [5, 5.41) is 18.3. The molecule has 1 saturated carbocycles. The third-order valence-corrected chi connectivity index (χ3v) is 3.85. The van der Waals surface area contributed by atoms with Crippen molar-refractivity contribution in [3.63, 3.8) is 0 Å². The minimum absolute atomic E-state index is 0.104. The van der Waals surface area contributed by atoms with Crippen molar-refractivity contribution in [1.82, 2.24) is 9.80 Å². The minimum atomic E-state index is -1.25. The highest BCUT2D eigenvalue weighted by atomic mass is 16.4. The number of rotatable bonds is 6. The monoisotopic (exact) mass is 272 g/mol. The van der Waals surface area contributed by atoms with Crippen LogP contribution in [0.1, 0.15) is 40.0 Å². The van der Waals surface area contributed by atoms with Gasteiger partial charge in [0.15, 0.2) is 0 Å². The van der Waals surface area contributed by atoms with Crippen molar-refractivity contribution in [2.24, 2.45) is 0 Å². The van der Waals surface area contributed by atoms with Crippen LogP contribution in [0, 0.1) is 0 Å². The molecule has 0 saturated heterocycles. The first-order valence-corrected chi connectivity index (χ1v) is 6.78. The molecule has 1 fully saturated rings. The van der Waals surface area contributed by atoms with Crippen LogP contribution in [0.3, 0.4) is 0 Å². The fraction of sp³-hybridized carbons (Fsp3) is 0.846. The van der Waals surface area contributed by atoms with E-state index in [9.17, 15) is 14.7 Å². The molecule has 110 valence electrons. The lowest BCUT2D eigenvalue weighted by Crippen LogP contribution is -2.59. The number of carbonyl (C=O) groups excluding carboxylic acids is 1. The lowest BCUT2D eigenvalue weighted by atomic mass is 9.91. The first-order valence-electron chi connectivity index (χ1n) is 6.78. The molecule has 2 N–H and O–H groups in total. The molecule has 0 spiro atoms. The molecule has 1 rings (SSSR count). The average Bonchev–Trinajstić information content (AvgIpc) is 2.26. The maximum Gasteiger partial charge on any atom is 0.329 e. The van der Waals surface area contributed by atoms with E-state index in [1.807, 2.05) is 0 Å². The fourth-order valence-electron chi connectivity index (χ4n) is 2.28. The van der Waals surface area contributed by atoms with E-state index in [1.165, 1.54) is 18.7 Å². The van der Waals surface area contributed by atoms with Crippen LogP contribution >= 0.6 is 0 Å². The largest absolute Gasteiger partial charge is 0.480 e. The molecule has 0 aromatic carbocycles. The van der Waals surface area contributed by atoms with E-state index in [0.29, 0.717) is 6.54 Å². The zero-order valence-electron chi connectivity index (χ0n) is 11.9. The second kappa shape index (κ2) is 6.23. The molecule has 1 aliphatic rings. The summed E-state index contributed by atoms with van der Waals surface area (Å²) in [6.45, 7) is 5.29. The van der Waals surface area contributed by atoms with E-state index in [1.54, 1.807) is 11.8 Å². The minimum Gasteiger partial charge on any atom is -0.480 e. The van der Waals surface area contributed by atoms with Crippen LogP contribution in [-0.2, 0) is 4.79 Å². The van der Waals surface area contributed by atoms with Crippen LogP contribution in [0.4, 0.5) is 4.79 Å². The van der Waals surface area contributed by atoms with Crippen LogP contribution in [0.15, 0.2) is 0 Å². The van der Waals surface area contributed by atoms with Crippen molar-refractivity contribution >= 4 is 12.0 Å². The summed E-state index contributed by atoms with van der Waals surface area (Å²) < 4.78 is 0. The molecule has 0 aromatic heterocycles. The number of carboxylic acids is 1. The summed E-state index contributed by atoms with van der Waals surface area (Å²) in [6, 6.07) is -0.160. The maximum atomic E-state index is 12.5. The van der Waals surface area contributed by atoms with Gasteiger partial charge in [0.1, 0.15) is 5.54 Å². The Morgan fingerprint density at radius 3 is 2.21 bits per heavy atom. The summed E-state index contributed by atoms with van der Waals surface area (Å²) >= 11 is 0. The van der Waals surface area contributed by atoms with Gasteiger partial charge < -0.3 is 20.0 Å². The molecule has 6 heteroatoms. The lowest BCUT2D eigenvalue weighted by molar-refractivity contribution is -0.148. The number of urea groups is 1. The molecule has 0 radical (unpaired) electrons. The molecule has 0 atom stereocenters. The highest BCUT2D eigenvalue weighted by Crippen LogP contribution is 2.27. The van der Waals surface area contributed by atoms with Crippen molar-refractivity contribution < 1.29 is 19.8 Å². The van der Waals surface area contributed by atoms with E-state index < -0.39 is 11.5 Å². The maximum absolute atomic E-state index is 12.5. The van der Waals surface area contributed by atoms with Gasteiger partial charge in [-0.3, -0.25) is 0 Å². The van der Waals surface area contributed by atoms with E-state index in [0.717, 1.165) is 19.3 Å². The Bertz CT molecular complexity index is 340. The van der Waals surface area contributed by atoms with Crippen LogP contribution in [0.2, 0.25) is 0 Å². The van der Waals surface area contributed by atoms with Gasteiger partial charge in [0.25, 0.3) is 0 Å². The van der Waals surface area contributed by atoms with Gasteiger partial charge in [-0.05, 0) is 40.0 Å². The number of carbonyl (C=O) groups is 2. The van der Waals surface area contributed by atoms with E-state index >= 15 is 0 Å². The molecule has 0 aliphatic heterocycles. The Hall–Kier alpha value is -1.30. The SMILES string of the molecule is CCN(C(=O)N(CCO)C1CCC1)C(C)(C)C(=O)O. The first-order chi connectivity index (χ1) is 8.86. The molecule has 0 aromatic rings. The van der Waals surface area contributed by atoms with Crippen molar-refractivity contribution in [2.45, 2.75) is 51.6 Å². The average molecular weight is 272 g/mol. The summed E-state index contributed by atoms with van der Waals surface area (Å²) in [4.78, 5) is 26.8. The van der Waals surface area contributed by atoms with Crippen LogP contribution < -0.4 is 0 Å². The lowest BCUT2D eigenvalue weighted by Gasteiger charge is -2.43. The Labute approximate surface area is 114 Å². The number of carboxylic acid groups (broad SMARTS) is 1. The third-order valence-electron chi connectivity index (χ3n) is 3.85. The Balaban J connectivity index is 2.88. The van der Waals surface area contributed by atoms with Gasteiger partial charge in [0, 0.05) is 19.1 Å². The number of hydrogen-bond donors (Lipinski definition) is 2. The highest BCUT2D eigenvalue weighted by molar-refractivity contribution is 5.85. The van der Waals surface area contributed by atoms with Crippen molar-refractivity contribution in [3.8, 4) is 0 Å². The number of likely N-dealkylation sites (N-methyl/N-ethyl adjacent to an activating group) is 1. The van der Waals surface area contributed by atoms with Gasteiger partial charge in [-0.1, -0.05) is 0 Å². The number of hydrogen-bond acceptors (Lipinski definition) is 3. The number of amides is 2. The standard InChI is InChI=1S/C13H24N2O4/c1-4-15(13(2,3)11(17)18)12(19)14(8-9-16)10-6-5-7-10/h10,16H,4-9H2,1-3H3,(H,17,18). The van der Waals surface area contributed by atoms with Gasteiger partial charge >= 0.3 is 12.0 Å². The molecule has 2 amide bonds. The van der Waals surface area contributed by atoms with Crippen molar-refractivity contribution in [3.05, 3.63) is 0 Å². The number of aliphatic hydroxyl groups is 1. The molecule has 0 heterocycles. The number of nitrogens with zero attached hydrogens (tertiary/aromatic N) is 2. The third kappa shape index (κ3) is 3.18. The summed E-state index contributed by atoms with van der Waals surface area (Å²) in [5.74, 6) is -1.03. The van der Waals surface area contributed by atoms with Gasteiger partial charge in [-0.15, -0.1) is 0 Å². The van der Waals surface area contributed by atoms with Crippen LogP contribution in [-0.4, -0.2) is 63.3 Å². The van der Waals surface area contributed by atoms with Gasteiger partial charge in [-0.25, -0.2) is 9.59 Å². The molecule has 0 unspecified atom stereocenters. The van der Waals surface area contributed by atoms with E-state index in [-0.39, 0.29) is 25.2 Å². The second-order valence-electron chi connectivity index (χ2n) is 5.39. The van der Waals surface area contributed by atoms with E-state index in [2.05, 4.69) is 0 Å². The Morgan fingerprint density at radius 2 is 1.89 bits per heavy atom. The van der Waals surface area contributed by atoms with Crippen molar-refractivity contribution in [2.75, 3.05) is 19.7 Å². The molecular weight excluding hydrogens is 248 g/mol. The molecule has 1 aliphatic carbocycles. The highest BCUT2D eigenvalue weighted by Gasteiger charge is 2.40. The van der Waals surface area contributed by atoms with Gasteiger partial charge in [-0.2, -0.15) is 0 Å². The van der Waals surface area contributed by atoms with Crippen LogP contribution in [0.5, 0.6) is 0 Å². The zero-order valence-corrected chi connectivity index (χ0v) is 11.9. The van der Waals surface area contributed by atoms with Gasteiger partial charge in [0.2, 0.25) is 0 Å². The number of aliphatic hydroxyl groups excluding tert-OH is 1. The first kappa shape index (κ1) is 15.8. The molecule has 19 heavy (non-hydrogen) atoms. The number of aliphatic carboxylic acids is 1. The molecular formula is C13H24N2O4. The molecule has 6 nitrogen and oxygen atoms in total. The smallest absolute Gasteiger partial charge is 0.329 e. The summed E-state index contributed by atoms with van der Waals surface area (Å²) in [7, 11) is 0. The Kier molecular flexibility index (Phi) is 5.17. The van der Waals surface area contributed by atoms with Crippen LogP contribution in [0.25, 0.3) is 0 Å². The second-order valence-corrected chi connectivity index (χ2v) is 5.39. The summed E-state index contributed by atoms with van der Waals surface area (Å²) in [5.41, 5.74) is -1.25. The fourth-order valence-corrected chi connectivity index (χ4v) is 2.28. The quantitative estimate of drug-likeness (QED) is 0.759. The van der Waals surface area contributed by atoms with Gasteiger partial charge in [0.05, 0.1) is 6.61 Å². The predicted molar refractivity (Wildman–Crippen MR) is 70.9 cm³/mol. The van der Waals surface area contributed by atoms with Crippen molar-refractivity contribution in [1.29, 1.82) is 0 Å². The molecule has 0 bridgehead atoms. The predicted octanol–water partition coefficient (Wildman–Crippen LogP) is 1.14.